The van der Waals surface area contributed by atoms with Crippen molar-refractivity contribution < 1.29 is 0 Å². The smallest absolute Gasteiger partial charge is 0.147 e. The molecule has 0 radical (unpaired) electrons. The number of aromatic nitrogens is 2. The number of rotatable bonds is 2. The highest BCUT2D eigenvalue weighted by Gasteiger charge is 2.19. The van der Waals surface area contributed by atoms with Gasteiger partial charge in [-0.05, 0) is 37.1 Å². The van der Waals surface area contributed by atoms with Gasteiger partial charge in [-0.25, -0.2) is 9.97 Å². The minimum Gasteiger partial charge on any atom is -0.366 e. The van der Waals surface area contributed by atoms with Crippen LogP contribution in [0.15, 0.2) is 11.7 Å². The summed E-state index contributed by atoms with van der Waals surface area (Å²) in [7, 11) is 0. The van der Waals surface area contributed by atoms with Crippen molar-refractivity contribution in [1.29, 1.82) is 0 Å². The number of nitrogens with one attached hydrogen (secondary N) is 1. The minimum atomic E-state index is 0.630. The maximum absolute atomic E-state index is 4.33. The number of nitrogens with zero attached hydrogens (tertiary/aromatic N) is 2. The van der Waals surface area contributed by atoms with E-state index in [1.54, 1.807) is 17.7 Å². The van der Waals surface area contributed by atoms with E-state index in [2.05, 4.69) is 27.6 Å². The molecule has 0 spiro atoms. The van der Waals surface area contributed by atoms with Gasteiger partial charge in [0.1, 0.15) is 12.1 Å². The molecule has 0 unspecified atom stereocenters. The van der Waals surface area contributed by atoms with E-state index in [0.29, 0.717) is 6.04 Å². The summed E-state index contributed by atoms with van der Waals surface area (Å²) in [4.78, 5) is 8.64. The molecule has 3 rings (SSSR count). The average Bonchev–Trinajstić information content (AvgIpc) is 2.55. The highest BCUT2D eigenvalue weighted by atomic mass is 32.1. The second kappa shape index (κ2) is 3.45. The van der Waals surface area contributed by atoms with E-state index in [1.165, 1.54) is 29.5 Å². The number of fused-ring (bicyclic) bond motifs is 1. The third-order valence-corrected chi connectivity index (χ3v) is 4.07. The van der Waals surface area contributed by atoms with Crippen LogP contribution in [0.1, 0.15) is 24.8 Å². The summed E-state index contributed by atoms with van der Waals surface area (Å²) < 4.78 is 1.20. The summed E-state index contributed by atoms with van der Waals surface area (Å²) in [5, 5.41) is 5.64. The molecule has 1 saturated carbocycles. The molecule has 4 heteroatoms. The van der Waals surface area contributed by atoms with E-state index in [-0.39, 0.29) is 0 Å². The Kier molecular flexibility index (Phi) is 2.09. The Labute approximate surface area is 92.6 Å². The van der Waals surface area contributed by atoms with Crippen LogP contribution in [0.5, 0.6) is 0 Å². The average molecular weight is 219 g/mol. The Morgan fingerprint density at radius 2 is 2.27 bits per heavy atom. The van der Waals surface area contributed by atoms with Gasteiger partial charge >= 0.3 is 0 Å². The lowest BCUT2D eigenvalue weighted by atomic mass is 9.93. The molecule has 1 N–H and O–H groups in total. The third-order valence-electron chi connectivity index (χ3n) is 2.98. The van der Waals surface area contributed by atoms with Crippen LogP contribution in [0.4, 0.5) is 5.82 Å². The zero-order chi connectivity index (χ0) is 10.3. The molecule has 2 heterocycles. The normalized spacial score (nSPS) is 16.6. The fourth-order valence-corrected chi connectivity index (χ4v) is 2.77. The molecule has 78 valence electrons. The van der Waals surface area contributed by atoms with Crippen molar-refractivity contribution in [2.75, 3.05) is 5.32 Å². The maximum Gasteiger partial charge on any atom is 0.147 e. The summed E-state index contributed by atoms with van der Waals surface area (Å²) in [6.07, 6.45) is 5.55. The van der Waals surface area contributed by atoms with Crippen molar-refractivity contribution in [1.82, 2.24) is 9.97 Å². The summed E-state index contributed by atoms with van der Waals surface area (Å²) in [5.74, 6) is 1.02. The molecule has 3 nitrogen and oxygen atoms in total. The van der Waals surface area contributed by atoms with Gasteiger partial charge in [-0.15, -0.1) is 11.3 Å². The van der Waals surface area contributed by atoms with Crippen molar-refractivity contribution in [2.45, 2.75) is 32.2 Å². The predicted octanol–water partition coefficient (Wildman–Crippen LogP) is 2.96. The fraction of sp³-hybridized carbons (Fsp3) is 0.455. The first-order valence-electron chi connectivity index (χ1n) is 5.30. The number of anilines is 1. The van der Waals surface area contributed by atoms with E-state index in [9.17, 15) is 0 Å². The van der Waals surface area contributed by atoms with Gasteiger partial charge in [0.05, 0.1) is 10.2 Å². The molecule has 2 aromatic rings. The van der Waals surface area contributed by atoms with Gasteiger partial charge < -0.3 is 5.32 Å². The van der Waals surface area contributed by atoms with Crippen molar-refractivity contribution in [3.8, 4) is 0 Å². The summed E-state index contributed by atoms with van der Waals surface area (Å²) in [6.45, 7) is 2.10. The number of aryl methyl sites for hydroxylation is 1. The number of hydrogen-bond acceptors (Lipinski definition) is 4. The van der Waals surface area contributed by atoms with Crippen LogP contribution in [-0.2, 0) is 0 Å². The second-order valence-corrected chi connectivity index (χ2v) is 4.97. The van der Waals surface area contributed by atoms with Crippen LogP contribution in [0.25, 0.3) is 10.2 Å². The first-order chi connectivity index (χ1) is 7.34. The minimum absolute atomic E-state index is 0.630. The maximum atomic E-state index is 4.33. The first-order valence-corrected chi connectivity index (χ1v) is 6.18. The molecule has 0 saturated heterocycles. The molecule has 2 aromatic heterocycles. The van der Waals surface area contributed by atoms with E-state index in [4.69, 9.17) is 0 Å². The molecular formula is C11H13N3S. The fourth-order valence-electron chi connectivity index (χ4n) is 1.82. The monoisotopic (exact) mass is 219 g/mol. The van der Waals surface area contributed by atoms with Gasteiger partial charge in [0.2, 0.25) is 0 Å². The number of hydrogen-bond donors (Lipinski definition) is 1. The number of thiophene rings is 1. The van der Waals surface area contributed by atoms with Gasteiger partial charge in [-0.1, -0.05) is 0 Å². The topological polar surface area (TPSA) is 37.8 Å². The van der Waals surface area contributed by atoms with Crippen molar-refractivity contribution in [2.24, 2.45) is 0 Å². The molecule has 0 bridgehead atoms. The lowest BCUT2D eigenvalue weighted by molar-refractivity contribution is 0.445. The van der Waals surface area contributed by atoms with E-state index < -0.39 is 0 Å². The lowest BCUT2D eigenvalue weighted by Gasteiger charge is -2.26. The lowest BCUT2D eigenvalue weighted by Crippen LogP contribution is -2.27. The second-order valence-electron chi connectivity index (χ2n) is 4.09. The molecule has 1 aliphatic carbocycles. The van der Waals surface area contributed by atoms with Gasteiger partial charge in [-0.3, -0.25) is 0 Å². The van der Waals surface area contributed by atoms with Crippen molar-refractivity contribution in [3.63, 3.8) is 0 Å². The molecule has 15 heavy (non-hydrogen) atoms. The quantitative estimate of drug-likeness (QED) is 0.843. The van der Waals surface area contributed by atoms with Crippen LogP contribution in [0, 0.1) is 6.92 Å². The van der Waals surface area contributed by atoms with Crippen molar-refractivity contribution in [3.05, 3.63) is 17.3 Å². The van der Waals surface area contributed by atoms with E-state index in [0.717, 1.165) is 11.3 Å². The zero-order valence-corrected chi connectivity index (χ0v) is 9.47. The molecule has 1 fully saturated rings. The van der Waals surface area contributed by atoms with Gasteiger partial charge in [0.15, 0.2) is 0 Å². The van der Waals surface area contributed by atoms with Gasteiger partial charge in [-0.2, -0.15) is 0 Å². The largest absolute Gasteiger partial charge is 0.366 e. The van der Waals surface area contributed by atoms with E-state index in [1.807, 2.05) is 0 Å². The third kappa shape index (κ3) is 1.49. The Balaban J connectivity index is 2.01. The van der Waals surface area contributed by atoms with Gasteiger partial charge in [0, 0.05) is 6.04 Å². The Bertz CT molecular complexity index is 488. The molecular weight excluding hydrogens is 206 g/mol. The molecule has 0 aromatic carbocycles. The molecule has 1 aliphatic rings. The predicted molar refractivity (Wildman–Crippen MR) is 63.4 cm³/mol. The Morgan fingerprint density at radius 3 is 3.00 bits per heavy atom. The zero-order valence-electron chi connectivity index (χ0n) is 8.66. The SMILES string of the molecule is Cc1csc2c(NC3CCC3)ncnc12. The highest BCUT2D eigenvalue weighted by molar-refractivity contribution is 7.18. The van der Waals surface area contributed by atoms with E-state index >= 15 is 0 Å². The summed E-state index contributed by atoms with van der Waals surface area (Å²) in [5.41, 5.74) is 2.34. The van der Waals surface area contributed by atoms with Crippen LogP contribution >= 0.6 is 11.3 Å². The van der Waals surface area contributed by atoms with Crippen molar-refractivity contribution >= 4 is 27.4 Å². The Hall–Kier alpha value is -1.16. The van der Waals surface area contributed by atoms with Crippen LogP contribution in [0.2, 0.25) is 0 Å². The molecule has 0 amide bonds. The van der Waals surface area contributed by atoms with Crippen LogP contribution in [-0.4, -0.2) is 16.0 Å². The van der Waals surface area contributed by atoms with Gasteiger partial charge in [0.25, 0.3) is 0 Å². The Morgan fingerprint density at radius 1 is 1.40 bits per heavy atom. The highest BCUT2D eigenvalue weighted by Crippen LogP contribution is 2.31. The summed E-state index contributed by atoms with van der Waals surface area (Å²) in [6, 6.07) is 0.630. The molecule has 0 aliphatic heterocycles. The summed E-state index contributed by atoms with van der Waals surface area (Å²) >= 11 is 1.73. The van der Waals surface area contributed by atoms with Crippen LogP contribution in [0.3, 0.4) is 0 Å². The first kappa shape index (κ1) is 9.09. The molecule has 0 atom stereocenters. The van der Waals surface area contributed by atoms with Crippen LogP contribution < -0.4 is 5.32 Å². The standard InChI is InChI=1S/C11H13N3S/c1-7-5-15-10-9(7)12-6-13-11(10)14-8-3-2-4-8/h5-6,8H,2-4H2,1H3,(H,12,13,14).